The normalized spacial score (nSPS) is 12.0. The van der Waals surface area contributed by atoms with Crippen molar-refractivity contribution in [3.63, 3.8) is 0 Å². The number of fused-ring (bicyclic) bond motifs is 2. The summed E-state index contributed by atoms with van der Waals surface area (Å²) in [6, 6.07) is 8.81. The Balaban J connectivity index is 1.95. The number of carbonyl (C=O) groups excluding carboxylic acids is 1. The summed E-state index contributed by atoms with van der Waals surface area (Å²) in [4.78, 5) is 22.0. The van der Waals surface area contributed by atoms with Gasteiger partial charge < -0.3 is 18.6 Å². The predicted molar refractivity (Wildman–Crippen MR) is 136 cm³/mol. The Kier molecular flexibility index (Phi) is 6.84. The van der Waals surface area contributed by atoms with Crippen molar-refractivity contribution in [3.05, 3.63) is 54.2 Å². The number of rotatable bonds is 9. The zero-order valence-electron chi connectivity index (χ0n) is 21.1. The minimum absolute atomic E-state index is 0.285. The van der Waals surface area contributed by atoms with Crippen LogP contribution in [0.3, 0.4) is 0 Å². The summed E-state index contributed by atoms with van der Waals surface area (Å²) in [5, 5.41) is 0.733. The Morgan fingerprint density at radius 2 is 1.97 bits per heavy atom. The van der Waals surface area contributed by atoms with Gasteiger partial charge in [0.05, 0.1) is 36.5 Å². The first-order valence-corrected chi connectivity index (χ1v) is 11.8. The van der Waals surface area contributed by atoms with E-state index in [0.717, 1.165) is 11.1 Å². The Hall–Kier alpha value is -3.75. The van der Waals surface area contributed by atoms with Crippen LogP contribution in [0, 0.1) is 0 Å². The zero-order valence-corrected chi connectivity index (χ0v) is 21.1. The van der Waals surface area contributed by atoms with E-state index in [1.54, 1.807) is 37.6 Å². The number of halogens is 2. The van der Waals surface area contributed by atoms with Crippen LogP contribution in [0.1, 0.15) is 43.2 Å². The first kappa shape index (κ1) is 25.3. The van der Waals surface area contributed by atoms with Crippen molar-refractivity contribution in [2.75, 3.05) is 7.11 Å². The molecule has 4 aromatic rings. The topological polar surface area (TPSA) is 71.2 Å². The summed E-state index contributed by atoms with van der Waals surface area (Å²) in [5.41, 5.74) is 3.17. The molecule has 3 heterocycles. The van der Waals surface area contributed by atoms with Gasteiger partial charge in [-0.3, -0.25) is 0 Å². The van der Waals surface area contributed by atoms with E-state index in [4.69, 9.17) is 14.5 Å². The number of aryl methyl sites for hydroxylation is 2. The summed E-state index contributed by atoms with van der Waals surface area (Å²) >= 11 is 0. The molecule has 0 N–H and O–H groups in total. The van der Waals surface area contributed by atoms with Crippen LogP contribution in [-0.4, -0.2) is 44.2 Å². The highest BCUT2D eigenvalue weighted by atomic mass is 19.3. The lowest BCUT2D eigenvalue weighted by Gasteiger charge is -2.18. The summed E-state index contributed by atoms with van der Waals surface area (Å²) in [6.45, 7) is 8.40. The molecule has 0 fully saturated rings. The number of methoxy groups -OCH3 is 1. The van der Waals surface area contributed by atoms with Gasteiger partial charge in [0.2, 0.25) is 0 Å². The van der Waals surface area contributed by atoms with E-state index in [-0.39, 0.29) is 6.10 Å². The highest BCUT2D eigenvalue weighted by Gasteiger charge is 2.31. The van der Waals surface area contributed by atoms with Gasteiger partial charge >= 0.3 is 5.97 Å². The minimum atomic E-state index is -3.03. The smallest absolute Gasteiger partial charge is 0.338 e. The monoisotopic (exact) mass is 496 g/mol. The lowest BCUT2D eigenvalue weighted by atomic mass is 10.2. The van der Waals surface area contributed by atoms with Crippen molar-refractivity contribution in [3.8, 4) is 17.3 Å². The number of hydrogen-bond donors (Lipinski definition) is 0. The molecule has 1 aromatic carbocycles. The van der Waals surface area contributed by atoms with Crippen LogP contribution in [0.2, 0.25) is 0 Å². The number of ether oxygens (including phenoxy) is 2. The van der Waals surface area contributed by atoms with Gasteiger partial charge in [0.1, 0.15) is 16.9 Å². The van der Waals surface area contributed by atoms with Gasteiger partial charge in [0, 0.05) is 24.5 Å². The SMILES string of the molecule is C=CCC(F)(F)Cn1c(-c2nc3cc(C(=O)OC(C)C)cc(OC)c3n2C)cc2ccc(CC)nc21. The van der Waals surface area contributed by atoms with E-state index in [1.165, 1.54) is 17.8 Å². The second-order valence-electron chi connectivity index (χ2n) is 9.03. The van der Waals surface area contributed by atoms with E-state index in [1.807, 2.05) is 25.1 Å². The number of hydrogen-bond acceptors (Lipinski definition) is 5. The molecule has 0 aliphatic carbocycles. The van der Waals surface area contributed by atoms with Gasteiger partial charge in [-0.15, -0.1) is 6.58 Å². The fraction of sp³-hybridized carbons (Fsp3) is 0.370. The molecule has 0 amide bonds. The van der Waals surface area contributed by atoms with Gasteiger partial charge in [-0.2, -0.15) is 0 Å². The third-order valence-corrected chi connectivity index (χ3v) is 5.96. The molecule has 190 valence electrons. The average molecular weight is 497 g/mol. The molecule has 3 aromatic heterocycles. The van der Waals surface area contributed by atoms with Crippen LogP contribution in [0.5, 0.6) is 5.75 Å². The number of allylic oxidation sites excluding steroid dienone is 1. The third kappa shape index (κ3) is 4.69. The van der Waals surface area contributed by atoms with Crippen LogP contribution >= 0.6 is 0 Å². The Labute approximate surface area is 208 Å². The third-order valence-electron chi connectivity index (χ3n) is 5.96. The van der Waals surface area contributed by atoms with Crippen molar-refractivity contribution in [1.82, 2.24) is 19.1 Å². The maximum Gasteiger partial charge on any atom is 0.338 e. The average Bonchev–Trinajstić information content (AvgIpc) is 3.34. The van der Waals surface area contributed by atoms with Crippen molar-refractivity contribution >= 4 is 28.0 Å². The number of carbonyl (C=O) groups is 1. The van der Waals surface area contributed by atoms with Crippen LogP contribution < -0.4 is 4.74 Å². The number of imidazole rings is 1. The maximum absolute atomic E-state index is 14.8. The van der Waals surface area contributed by atoms with E-state index in [2.05, 4.69) is 11.6 Å². The minimum Gasteiger partial charge on any atom is -0.494 e. The molecule has 7 nitrogen and oxygen atoms in total. The summed E-state index contributed by atoms with van der Waals surface area (Å²) in [7, 11) is 3.29. The predicted octanol–water partition coefficient (Wildman–Crippen LogP) is 5.94. The molecule has 0 saturated carbocycles. The molecule has 0 bridgehead atoms. The summed E-state index contributed by atoms with van der Waals surface area (Å²) < 4.78 is 43.9. The molecule has 0 radical (unpaired) electrons. The molecule has 0 unspecified atom stereocenters. The van der Waals surface area contributed by atoms with Crippen molar-refractivity contribution in [1.29, 1.82) is 0 Å². The lowest BCUT2D eigenvalue weighted by molar-refractivity contribution is -0.0117. The fourth-order valence-corrected chi connectivity index (χ4v) is 4.31. The van der Waals surface area contributed by atoms with Gasteiger partial charge in [-0.1, -0.05) is 13.0 Å². The quantitative estimate of drug-likeness (QED) is 0.212. The van der Waals surface area contributed by atoms with Gasteiger partial charge in [0.25, 0.3) is 5.92 Å². The molecule has 0 saturated heterocycles. The number of pyridine rings is 1. The van der Waals surface area contributed by atoms with Crippen molar-refractivity contribution in [2.45, 2.75) is 52.2 Å². The molecule has 4 rings (SSSR count). The first-order valence-electron chi connectivity index (χ1n) is 11.8. The van der Waals surface area contributed by atoms with E-state index >= 15 is 0 Å². The Morgan fingerprint density at radius 3 is 2.61 bits per heavy atom. The van der Waals surface area contributed by atoms with Gasteiger partial charge in [-0.25, -0.2) is 23.5 Å². The second-order valence-corrected chi connectivity index (χ2v) is 9.03. The molecule has 0 spiro atoms. The maximum atomic E-state index is 14.8. The van der Waals surface area contributed by atoms with Crippen LogP contribution in [0.4, 0.5) is 8.78 Å². The molecule has 0 atom stereocenters. The number of aromatic nitrogens is 4. The molecule has 0 aliphatic heterocycles. The van der Waals surface area contributed by atoms with Crippen LogP contribution in [0.25, 0.3) is 33.6 Å². The standard InChI is InChI=1S/C27H30F2N4O3/c1-7-11-27(28,29)15-33-21(13-17-9-10-19(8-2)30-24(17)33)25-31-20-12-18(26(34)36-16(3)4)14-22(35-6)23(20)32(25)5/h7,9-10,12-14,16H,1,8,11,15H2,2-6H3. The largest absolute Gasteiger partial charge is 0.494 e. The lowest BCUT2D eigenvalue weighted by Crippen LogP contribution is -2.24. The van der Waals surface area contributed by atoms with Crippen molar-refractivity contribution < 1.29 is 23.0 Å². The Morgan fingerprint density at radius 1 is 1.22 bits per heavy atom. The number of benzene rings is 1. The van der Waals surface area contributed by atoms with E-state index in [9.17, 15) is 13.6 Å². The van der Waals surface area contributed by atoms with E-state index < -0.39 is 24.9 Å². The summed E-state index contributed by atoms with van der Waals surface area (Å²) in [6.07, 6.45) is 1.15. The molecule has 36 heavy (non-hydrogen) atoms. The Bertz CT molecular complexity index is 1450. The second kappa shape index (κ2) is 9.72. The molecular weight excluding hydrogens is 466 g/mol. The molecule has 0 aliphatic rings. The van der Waals surface area contributed by atoms with E-state index in [0.29, 0.717) is 45.9 Å². The fourth-order valence-electron chi connectivity index (χ4n) is 4.31. The first-order chi connectivity index (χ1) is 17.1. The highest BCUT2D eigenvalue weighted by molar-refractivity contribution is 5.97. The van der Waals surface area contributed by atoms with Gasteiger partial charge in [0.15, 0.2) is 5.82 Å². The molecular formula is C27H30F2N4O3. The van der Waals surface area contributed by atoms with Gasteiger partial charge in [-0.05, 0) is 50.6 Å². The van der Waals surface area contributed by atoms with Crippen LogP contribution in [-0.2, 0) is 24.8 Å². The molecule has 9 heteroatoms. The van der Waals surface area contributed by atoms with Crippen LogP contribution in [0.15, 0.2) is 43.0 Å². The highest BCUT2D eigenvalue weighted by Crippen LogP contribution is 2.35. The summed E-state index contributed by atoms with van der Waals surface area (Å²) in [5.74, 6) is -2.65. The number of esters is 1. The number of nitrogens with zero attached hydrogens (tertiary/aromatic N) is 4. The number of alkyl halides is 2. The van der Waals surface area contributed by atoms with Crippen molar-refractivity contribution in [2.24, 2.45) is 7.05 Å². The zero-order chi connectivity index (χ0) is 26.2.